The predicted molar refractivity (Wildman–Crippen MR) is 60.3 cm³/mol. The van der Waals surface area contributed by atoms with Gasteiger partial charge in [0.05, 0.1) is 11.0 Å². The highest BCUT2D eigenvalue weighted by atomic mass is 32.2. The summed E-state index contributed by atoms with van der Waals surface area (Å²) in [6.45, 7) is 1.76. The van der Waals surface area contributed by atoms with Crippen LogP contribution in [0.2, 0.25) is 0 Å². The second kappa shape index (κ2) is 3.81. The maximum Gasteiger partial charge on any atom is 0.197 e. The molecule has 0 aliphatic heterocycles. The molecule has 0 heterocycles. The standard InChI is InChI=1S/C12H12FNO2S/c1-9-6-7-12(9,8-14)17(15,16)11-4-2-10(13)3-5-11/h2-5,9H,6-7H2,1H3. The molecule has 1 aliphatic carbocycles. The van der Waals surface area contributed by atoms with Crippen molar-refractivity contribution in [3.05, 3.63) is 30.1 Å². The van der Waals surface area contributed by atoms with Crippen molar-refractivity contribution in [3.63, 3.8) is 0 Å². The molecule has 1 aromatic rings. The summed E-state index contributed by atoms with van der Waals surface area (Å²) in [5, 5.41) is 9.16. The van der Waals surface area contributed by atoms with E-state index in [1.807, 2.05) is 6.07 Å². The maximum absolute atomic E-state index is 12.8. The summed E-state index contributed by atoms with van der Waals surface area (Å²) in [6.07, 6.45) is 1.08. The zero-order valence-corrected chi connectivity index (χ0v) is 10.2. The Bertz CT molecular complexity index is 574. The van der Waals surface area contributed by atoms with E-state index in [2.05, 4.69) is 0 Å². The molecule has 1 saturated carbocycles. The van der Waals surface area contributed by atoms with Crippen molar-refractivity contribution in [2.24, 2.45) is 5.92 Å². The Morgan fingerprint density at radius 1 is 1.41 bits per heavy atom. The van der Waals surface area contributed by atoms with Crippen molar-refractivity contribution in [1.29, 1.82) is 5.26 Å². The molecule has 1 aromatic carbocycles. The Hall–Kier alpha value is -1.41. The minimum atomic E-state index is -3.71. The molecule has 0 amide bonds. The third kappa shape index (κ3) is 1.55. The smallest absolute Gasteiger partial charge is 0.197 e. The molecule has 0 spiro atoms. The Kier molecular flexibility index (Phi) is 2.70. The van der Waals surface area contributed by atoms with Gasteiger partial charge in [-0.1, -0.05) is 6.92 Å². The van der Waals surface area contributed by atoms with Gasteiger partial charge in [-0.15, -0.1) is 0 Å². The lowest BCUT2D eigenvalue weighted by Gasteiger charge is -2.41. The zero-order chi connectivity index (χ0) is 12.7. The summed E-state index contributed by atoms with van der Waals surface area (Å²) in [5.74, 6) is -0.667. The summed E-state index contributed by atoms with van der Waals surface area (Å²) in [4.78, 5) is 0.0204. The van der Waals surface area contributed by atoms with E-state index >= 15 is 0 Å². The molecule has 1 aliphatic rings. The molecule has 2 atom stereocenters. The summed E-state index contributed by atoms with van der Waals surface area (Å²) in [5.41, 5.74) is 0. The number of nitrogens with zero attached hydrogens (tertiary/aromatic N) is 1. The fourth-order valence-electron chi connectivity index (χ4n) is 2.14. The summed E-state index contributed by atoms with van der Waals surface area (Å²) < 4.78 is 36.1. The highest BCUT2D eigenvalue weighted by molar-refractivity contribution is 7.93. The van der Waals surface area contributed by atoms with Crippen molar-refractivity contribution in [2.45, 2.75) is 29.4 Å². The predicted octanol–water partition coefficient (Wildman–Crippen LogP) is 2.29. The molecule has 2 rings (SSSR count). The molecule has 0 saturated heterocycles. The molecule has 17 heavy (non-hydrogen) atoms. The van der Waals surface area contributed by atoms with Crippen molar-refractivity contribution in [3.8, 4) is 6.07 Å². The van der Waals surface area contributed by atoms with Gasteiger partial charge in [0.25, 0.3) is 0 Å². The molecule has 0 N–H and O–H groups in total. The Labute approximate surface area is 99.8 Å². The number of halogens is 1. The average molecular weight is 253 g/mol. The summed E-state index contributed by atoms with van der Waals surface area (Å²) >= 11 is 0. The molecule has 5 heteroatoms. The second-order valence-electron chi connectivity index (χ2n) is 4.40. The average Bonchev–Trinajstić information content (AvgIpc) is 2.28. The van der Waals surface area contributed by atoms with E-state index in [1.54, 1.807) is 6.92 Å². The summed E-state index contributed by atoms with van der Waals surface area (Å²) in [7, 11) is -3.71. The molecule has 0 aromatic heterocycles. The normalized spacial score (nSPS) is 28.2. The molecular weight excluding hydrogens is 241 g/mol. The minimum Gasteiger partial charge on any atom is -0.222 e. The summed E-state index contributed by atoms with van der Waals surface area (Å²) in [6, 6.07) is 6.57. The van der Waals surface area contributed by atoms with Crippen LogP contribution in [0.25, 0.3) is 0 Å². The monoisotopic (exact) mass is 253 g/mol. The maximum atomic E-state index is 12.8. The van der Waals surface area contributed by atoms with E-state index in [1.165, 1.54) is 12.1 Å². The van der Waals surface area contributed by atoms with Crippen LogP contribution in [0, 0.1) is 23.1 Å². The third-order valence-corrected chi connectivity index (χ3v) is 6.09. The van der Waals surface area contributed by atoms with Gasteiger partial charge in [0, 0.05) is 0 Å². The van der Waals surface area contributed by atoms with Crippen LogP contribution in [0.3, 0.4) is 0 Å². The van der Waals surface area contributed by atoms with Crippen LogP contribution in [0.5, 0.6) is 0 Å². The number of sulfone groups is 1. The molecule has 3 nitrogen and oxygen atoms in total. The van der Waals surface area contributed by atoms with Crippen molar-refractivity contribution >= 4 is 9.84 Å². The minimum absolute atomic E-state index is 0.0204. The topological polar surface area (TPSA) is 57.9 Å². The molecule has 0 bridgehead atoms. The van der Waals surface area contributed by atoms with Crippen LogP contribution in [-0.2, 0) is 9.84 Å². The lowest BCUT2D eigenvalue weighted by molar-refractivity contribution is 0.279. The first-order valence-corrected chi connectivity index (χ1v) is 6.84. The number of hydrogen-bond donors (Lipinski definition) is 0. The van der Waals surface area contributed by atoms with Gasteiger partial charge in [-0.3, -0.25) is 0 Å². The van der Waals surface area contributed by atoms with Gasteiger partial charge in [0.15, 0.2) is 14.6 Å². The van der Waals surface area contributed by atoms with Crippen LogP contribution >= 0.6 is 0 Å². The van der Waals surface area contributed by atoms with Crippen LogP contribution in [0.4, 0.5) is 4.39 Å². The van der Waals surface area contributed by atoms with Gasteiger partial charge in [-0.2, -0.15) is 5.26 Å². The van der Waals surface area contributed by atoms with Gasteiger partial charge in [0.1, 0.15) is 5.82 Å². The van der Waals surface area contributed by atoms with Gasteiger partial charge < -0.3 is 0 Å². The Morgan fingerprint density at radius 3 is 2.35 bits per heavy atom. The lowest BCUT2D eigenvalue weighted by Crippen LogP contribution is -2.50. The lowest BCUT2D eigenvalue weighted by atomic mass is 9.75. The third-order valence-electron chi connectivity index (χ3n) is 3.54. The van der Waals surface area contributed by atoms with Gasteiger partial charge in [0.2, 0.25) is 0 Å². The molecular formula is C12H12FNO2S. The number of benzene rings is 1. The highest BCUT2D eigenvalue weighted by Crippen LogP contribution is 2.46. The molecule has 2 unspecified atom stereocenters. The zero-order valence-electron chi connectivity index (χ0n) is 9.35. The van der Waals surface area contributed by atoms with E-state index in [0.29, 0.717) is 6.42 Å². The number of nitriles is 1. The van der Waals surface area contributed by atoms with Crippen LogP contribution in [0.1, 0.15) is 19.8 Å². The fraction of sp³-hybridized carbons (Fsp3) is 0.417. The Morgan fingerprint density at radius 2 is 2.00 bits per heavy atom. The van der Waals surface area contributed by atoms with E-state index in [0.717, 1.165) is 18.6 Å². The first-order valence-electron chi connectivity index (χ1n) is 5.35. The van der Waals surface area contributed by atoms with Crippen molar-refractivity contribution in [1.82, 2.24) is 0 Å². The van der Waals surface area contributed by atoms with Gasteiger partial charge >= 0.3 is 0 Å². The number of rotatable bonds is 2. The van der Waals surface area contributed by atoms with Crippen molar-refractivity contribution < 1.29 is 12.8 Å². The van der Waals surface area contributed by atoms with Crippen LogP contribution in [-0.4, -0.2) is 13.2 Å². The molecule has 0 radical (unpaired) electrons. The second-order valence-corrected chi connectivity index (χ2v) is 6.61. The van der Waals surface area contributed by atoms with Crippen LogP contribution in [0.15, 0.2) is 29.2 Å². The quantitative estimate of drug-likeness (QED) is 0.760. The van der Waals surface area contributed by atoms with E-state index < -0.39 is 20.4 Å². The van der Waals surface area contributed by atoms with Gasteiger partial charge in [-0.05, 0) is 43.0 Å². The van der Waals surface area contributed by atoms with Crippen LogP contribution < -0.4 is 0 Å². The molecule has 90 valence electrons. The van der Waals surface area contributed by atoms with E-state index in [9.17, 15) is 12.8 Å². The molecule has 1 fully saturated rings. The first-order chi connectivity index (χ1) is 7.94. The Balaban J connectivity index is 2.51. The fourth-order valence-corrected chi connectivity index (χ4v) is 4.21. The van der Waals surface area contributed by atoms with Crippen molar-refractivity contribution in [2.75, 3.05) is 0 Å². The van der Waals surface area contributed by atoms with E-state index in [-0.39, 0.29) is 10.8 Å². The van der Waals surface area contributed by atoms with E-state index in [4.69, 9.17) is 5.26 Å². The highest BCUT2D eigenvalue weighted by Gasteiger charge is 2.55. The number of hydrogen-bond acceptors (Lipinski definition) is 3. The SMILES string of the molecule is CC1CCC1(C#N)S(=O)(=O)c1ccc(F)cc1. The van der Waals surface area contributed by atoms with Gasteiger partial charge in [-0.25, -0.2) is 12.8 Å². The largest absolute Gasteiger partial charge is 0.222 e. The first kappa shape index (κ1) is 12.1.